The molecule has 33 heavy (non-hydrogen) atoms. The summed E-state index contributed by atoms with van der Waals surface area (Å²) in [6, 6.07) is 30.1. The lowest BCUT2D eigenvalue weighted by Crippen LogP contribution is -2.13. The predicted molar refractivity (Wildman–Crippen MR) is 132 cm³/mol. The van der Waals surface area contributed by atoms with E-state index in [1.165, 1.54) is 16.7 Å². The summed E-state index contributed by atoms with van der Waals surface area (Å²) in [5, 5.41) is 2.85. The molecule has 162 valence electrons. The van der Waals surface area contributed by atoms with Gasteiger partial charge in [0.1, 0.15) is 11.6 Å². The number of aryl methyl sites for hydroxylation is 1. The Balaban J connectivity index is 1.44. The number of imidazole rings is 1. The molecule has 5 aromatic rings. The Hall–Kier alpha value is -4.25. The number of anilines is 1. The number of nitrogens with zero attached hydrogens (tertiary/aromatic N) is 3. The van der Waals surface area contributed by atoms with Crippen molar-refractivity contribution < 1.29 is 4.79 Å². The first-order valence-corrected chi connectivity index (χ1v) is 11.1. The number of rotatable bonds is 6. The van der Waals surface area contributed by atoms with E-state index in [4.69, 9.17) is 4.98 Å². The molecule has 0 aliphatic rings. The van der Waals surface area contributed by atoms with E-state index in [2.05, 4.69) is 70.3 Å². The number of carbonyl (C=O) groups is 1. The maximum Gasteiger partial charge on any atom is 0.256 e. The zero-order chi connectivity index (χ0) is 22.6. The molecule has 0 atom stereocenters. The van der Waals surface area contributed by atoms with Crippen LogP contribution in [0.2, 0.25) is 0 Å². The molecule has 5 nitrogen and oxygen atoms in total. The van der Waals surface area contributed by atoms with Crippen molar-refractivity contribution in [2.45, 2.75) is 19.9 Å². The first kappa shape index (κ1) is 20.6. The molecular weight excluding hydrogens is 408 g/mol. The zero-order valence-electron chi connectivity index (χ0n) is 18.4. The summed E-state index contributed by atoms with van der Waals surface area (Å²) in [4.78, 5) is 21.8. The van der Waals surface area contributed by atoms with Crippen molar-refractivity contribution >= 4 is 22.8 Å². The number of carbonyl (C=O) groups excluding carboxylic acids is 1. The highest BCUT2D eigenvalue weighted by Crippen LogP contribution is 2.23. The number of nitrogens with one attached hydrogen (secondary N) is 1. The molecule has 2 heterocycles. The van der Waals surface area contributed by atoms with Crippen LogP contribution in [0.1, 0.15) is 28.7 Å². The van der Waals surface area contributed by atoms with E-state index in [0.29, 0.717) is 17.9 Å². The lowest BCUT2D eigenvalue weighted by molar-refractivity contribution is 0.102. The molecule has 1 N–H and O–H groups in total. The minimum absolute atomic E-state index is 0.186. The molecule has 3 aromatic carbocycles. The number of amides is 1. The van der Waals surface area contributed by atoms with Crippen LogP contribution in [-0.2, 0) is 13.0 Å². The summed E-state index contributed by atoms with van der Waals surface area (Å²) in [7, 11) is 0. The average Bonchev–Trinajstić information content (AvgIpc) is 3.22. The Kier molecular flexibility index (Phi) is 5.68. The normalized spacial score (nSPS) is 10.9. The van der Waals surface area contributed by atoms with Crippen molar-refractivity contribution in [2.24, 2.45) is 0 Å². The molecule has 0 bridgehead atoms. The second-order valence-corrected chi connectivity index (χ2v) is 7.90. The topological polar surface area (TPSA) is 59.8 Å². The molecule has 0 aliphatic carbocycles. The number of aromatic nitrogens is 3. The number of pyridine rings is 1. The lowest BCUT2D eigenvalue weighted by Gasteiger charge is -2.10. The van der Waals surface area contributed by atoms with Crippen LogP contribution in [0.5, 0.6) is 0 Å². The lowest BCUT2D eigenvalue weighted by atomic mass is 10.0. The van der Waals surface area contributed by atoms with Crippen LogP contribution >= 0.6 is 0 Å². The SMILES string of the molecule is CCc1nc2ccc(C(=O)Nc3ccccn3)cc2n1Cc1ccc(-c2ccccc2)cc1. The second kappa shape index (κ2) is 9.09. The van der Waals surface area contributed by atoms with Crippen LogP contribution in [0, 0.1) is 0 Å². The first-order valence-electron chi connectivity index (χ1n) is 11.1. The maximum absolute atomic E-state index is 12.8. The predicted octanol–water partition coefficient (Wildman–Crippen LogP) is 5.96. The fourth-order valence-electron chi connectivity index (χ4n) is 4.00. The van der Waals surface area contributed by atoms with Crippen molar-refractivity contribution in [3.8, 4) is 11.1 Å². The number of hydrogen-bond acceptors (Lipinski definition) is 3. The molecule has 0 saturated heterocycles. The van der Waals surface area contributed by atoms with Gasteiger partial charge >= 0.3 is 0 Å². The molecule has 2 aromatic heterocycles. The average molecular weight is 433 g/mol. The molecule has 0 radical (unpaired) electrons. The van der Waals surface area contributed by atoms with Gasteiger partial charge in [-0.15, -0.1) is 0 Å². The van der Waals surface area contributed by atoms with Gasteiger partial charge in [0.2, 0.25) is 0 Å². The molecule has 5 rings (SSSR count). The van der Waals surface area contributed by atoms with Crippen molar-refractivity contribution in [3.63, 3.8) is 0 Å². The standard InChI is InChI=1S/C28H24N4O/c1-2-27-30-24-16-15-23(28(33)31-26-10-6-7-17-29-26)18-25(24)32(27)19-20-11-13-22(14-12-20)21-8-4-3-5-9-21/h3-18H,2,19H2,1H3,(H,29,31,33). The van der Waals surface area contributed by atoms with Gasteiger partial charge in [-0.3, -0.25) is 4.79 Å². The monoisotopic (exact) mass is 432 g/mol. The van der Waals surface area contributed by atoms with Crippen LogP contribution in [-0.4, -0.2) is 20.4 Å². The van der Waals surface area contributed by atoms with Gasteiger partial charge in [0.25, 0.3) is 5.91 Å². The van der Waals surface area contributed by atoms with Crippen LogP contribution in [0.4, 0.5) is 5.82 Å². The van der Waals surface area contributed by atoms with Gasteiger partial charge in [-0.1, -0.05) is 67.6 Å². The molecule has 0 spiro atoms. The summed E-state index contributed by atoms with van der Waals surface area (Å²) in [5.41, 5.74) is 6.01. The molecule has 0 unspecified atom stereocenters. The van der Waals surface area contributed by atoms with Gasteiger partial charge < -0.3 is 9.88 Å². The molecule has 0 fully saturated rings. The van der Waals surface area contributed by atoms with Gasteiger partial charge in [0, 0.05) is 24.7 Å². The highest BCUT2D eigenvalue weighted by atomic mass is 16.1. The van der Waals surface area contributed by atoms with E-state index in [0.717, 1.165) is 23.3 Å². The highest BCUT2D eigenvalue weighted by Gasteiger charge is 2.14. The van der Waals surface area contributed by atoms with Crippen LogP contribution in [0.3, 0.4) is 0 Å². The number of hydrogen-bond donors (Lipinski definition) is 1. The Morgan fingerprint density at radius 1 is 0.879 bits per heavy atom. The Labute approximate surface area is 192 Å². The van der Waals surface area contributed by atoms with Gasteiger partial charge in [-0.05, 0) is 47.0 Å². The van der Waals surface area contributed by atoms with Crippen molar-refractivity contribution in [1.29, 1.82) is 0 Å². The minimum atomic E-state index is -0.186. The minimum Gasteiger partial charge on any atom is -0.323 e. The largest absolute Gasteiger partial charge is 0.323 e. The third-order valence-electron chi connectivity index (χ3n) is 5.71. The summed E-state index contributed by atoms with van der Waals surface area (Å²) < 4.78 is 2.20. The van der Waals surface area contributed by atoms with Crippen molar-refractivity contribution in [1.82, 2.24) is 14.5 Å². The van der Waals surface area contributed by atoms with Gasteiger partial charge in [-0.2, -0.15) is 0 Å². The van der Waals surface area contributed by atoms with E-state index < -0.39 is 0 Å². The third-order valence-corrected chi connectivity index (χ3v) is 5.71. The fourth-order valence-corrected chi connectivity index (χ4v) is 4.00. The number of benzene rings is 3. The second-order valence-electron chi connectivity index (χ2n) is 7.90. The number of fused-ring (bicyclic) bond motifs is 1. The van der Waals surface area contributed by atoms with Gasteiger partial charge in [0.05, 0.1) is 11.0 Å². The Bertz CT molecular complexity index is 1390. The summed E-state index contributed by atoms with van der Waals surface area (Å²) in [6.07, 6.45) is 2.47. The van der Waals surface area contributed by atoms with Crippen LogP contribution in [0.25, 0.3) is 22.2 Å². The Morgan fingerprint density at radius 3 is 2.36 bits per heavy atom. The van der Waals surface area contributed by atoms with E-state index in [-0.39, 0.29) is 5.91 Å². The molecule has 0 aliphatic heterocycles. The van der Waals surface area contributed by atoms with E-state index in [1.54, 1.807) is 12.3 Å². The third kappa shape index (κ3) is 4.39. The van der Waals surface area contributed by atoms with E-state index >= 15 is 0 Å². The van der Waals surface area contributed by atoms with Crippen molar-refractivity contribution in [2.75, 3.05) is 5.32 Å². The summed E-state index contributed by atoms with van der Waals surface area (Å²) in [6.45, 7) is 2.80. The van der Waals surface area contributed by atoms with Gasteiger partial charge in [0.15, 0.2) is 0 Å². The smallest absolute Gasteiger partial charge is 0.256 e. The summed E-state index contributed by atoms with van der Waals surface area (Å²) in [5.74, 6) is 1.34. The van der Waals surface area contributed by atoms with Crippen molar-refractivity contribution in [3.05, 3.63) is 114 Å². The molecular formula is C28H24N4O. The Morgan fingerprint density at radius 2 is 1.64 bits per heavy atom. The maximum atomic E-state index is 12.8. The van der Waals surface area contributed by atoms with Crippen LogP contribution in [0.15, 0.2) is 97.2 Å². The fraction of sp³-hybridized carbons (Fsp3) is 0.107. The molecule has 1 amide bonds. The molecule has 0 saturated carbocycles. The highest BCUT2D eigenvalue weighted by molar-refractivity contribution is 6.05. The molecule has 5 heteroatoms. The van der Waals surface area contributed by atoms with E-state index in [9.17, 15) is 4.79 Å². The quantitative estimate of drug-likeness (QED) is 0.360. The zero-order valence-corrected chi connectivity index (χ0v) is 18.4. The summed E-state index contributed by atoms with van der Waals surface area (Å²) >= 11 is 0. The first-order chi connectivity index (χ1) is 16.2. The van der Waals surface area contributed by atoms with E-state index in [1.807, 2.05) is 36.4 Å². The van der Waals surface area contributed by atoms with Gasteiger partial charge in [-0.25, -0.2) is 9.97 Å². The van der Waals surface area contributed by atoms with Crippen LogP contribution < -0.4 is 5.32 Å².